The summed E-state index contributed by atoms with van der Waals surface area (Å²) in [5.74, 6) is 0. The fourth-order valence-corrected chi connectivity index (χ4v) is 7.79. The Morgan fingerprint density at radius 1 is 0.315 bits per heavy atom. The van der Waals surface area contributed by atoms with Crippen molar-refractivity contribution in [3.8, 4) is 44.5 Å². The Morgan fingerprint density at radius 3 is 1.57 bits per heavy atom. The number of hydrogen-bond acceptors (Lipinski definition) is 2. The molecule has 0 aliphatic carbocycles. The molecule has 0 atom stereocenters. The first kappa shape index (κ1) is 31.6. The summed E-state index contributed by atoms with van der Waals surface area (Å²) in [4.78, 5) is 2.38. The molecular formula is C52H35NO. The number of para-hydroxylation sites is 2. The van der Waals surface area contributed by atoms with Crippen LogP contribution in [0.3, 0.4) is 0 Å². The van der Waals surface area contributed by atoms with E-state index in [0.29, 0.717) is 0 Å². The smallest absolute Gasteiger partial charge is 0.143 e. The van der Waals surface area contributed by atoms with Gasteiger partial charge in [-0.15, -0.1) is 0 Å². The van der Waals surface area contributed by atoms with Gasteiger partial charge in [0.25, 0.3) is 0 Å². The summed E-state index contributed by atoms with van der Waals surface area (Å²) in [5, 5.41) is 4.62. The van der Waals surface area contributed by atoms with Crippen molar-refractivity contribution in [1.82, 2.24) is 0 Å². The first-order chi connectivity index (χ1) is 26.8. The predicted molar refractivity (Wildman–Crippen MR) is 228 cm³/mol. The molecule has 54 heavy (non-hydrogen) atoms. The zero-order valence-corrected chi connectivity index (χ0v) is 29.6. The van der Waals surface area contributed by atoms with E-state index in [2.05, 4.69) is 217 Å². The molecule has 9 aromatic carbocycles. The zero-order valence-electron chi connectivity index (χ0n) is 29.6. The molecule has 1 heterocycles. The second-order valence-electron chi connectivity index (χ2n) is 13.7. The lowest BCUT2D eigenvalue weighted by Gasteiger charge is -2.28. The lowest BCUT2D eigenvalue weighted by atomic mass is 9.97. The van der Waals surface area contributed by atoms with E-state index in [0.717, 1.165) is 55.7 Å². The van der Waals surface area contributed by atoms with Crippen molar-refractivity contribution in [3.63, 3.8) is 0 Å². The third-order valence-electron chi connectivity index (χ3n) is 10.4. The molecule has 1 aromatic heterocycles. The van der Waals surface area contributed by atoms with Crippen molar-refractivity contribution in [2.45, 2.75) is 0 Å². The average Bonchev–Trinajstić information content (AvgIpc) is 3.62. The number of fused-ring (bicyclic) bond motifs is 4. The zero-order chi connectivity index (χ0) is 35.8. The van der Waals surface area contributed by atoms with E-state index in [-0.39, 0.29) is 0 Å². The van der Waals surface area contributed by atoms with Gasteiger partial charge in [-0.1, -0.05) is 164 Å². The molecule has 10 aromatic rings. The minimum atomic E-state index is 0.891. The minimum Gasteiger partial charge on any atom is -0.455 e. The highest BCUT2D eigenvalue weighted by atomic mass is 16.3. The molecule has 0 aliphatic heterocycles. The van der Waals surface area contributed by atoms with Gasteiger partial charge in [-0.25, -0.2) is 0 Å². The molecule has 0 radical (unpaired) electrons. The Kier molecular flexibility index (Phi) is 7.85. The molecular weight excluding hydrogens is 655 g/mol. The van der Waals surface area contributed by atoms with Crippen LogP contribution < -0.4 is 4.90 Å². The van der Waals surface area contributed by atoms with Crippen molar-refractivity contribution in [2.75, 3.05) is 4.90 Å². The molecule has 254 valence electrons. The summed E-state index contributed by atoms with van der Waals surface area (Å²) in [6.45, 7) is 0. The lowest BCUT2D eigenvalue weighted by Crippen LogP contribution is -2.11. The Balaban J connectivity index is 1.13. The van der Waals surface area contributed by atoms with Gasteiger partial charge in [-0.2, -0.15) is 0 Å². The molecule has 0 fully saturated rings. The van der Waals surface area contributed by atoms with E-state index in [1.54, 1.807) is 0 Å². The van der Waals surface area contributed by atoms with E-state index in [1.165, 1.54) is 38.6 Å². The van der Waals surface area contributed by atoms with E-state index < -0.39 is 0 Å². The maximum Gasteiger partial charge on any atom is 0.143 e. The fraction of sp³-hybridized carbons (Fsp3) is 0. The highest BCUT2D eigenvalue weighted by molar-refractivity contribution is 6.14. The number of nitrogens with zero attached hydrogens (tertiary/aromatic N) is 1. The molecule has 0 spiro atoms. The Labute approximate surface area is 314 Å². The number of furan rings is 1. The largest absolute Gasteiger partial charge is 0.455 e. The summed E-state index contributed by atoms with van der Waals surface area (Å²) >= 11 is 0. The maximum atomic E-state index is 6.76. The fourth-order valence-electron chi connectivity index (χ4n) is 7.79. The third-order valence-corrected chi connectivity index (χ3v) is 10.4. The first-order valence-corrected chi connectivity index (χ1v) is 18.4. The van der Waals surface area contributed by atoms with Gasteiger partial charge in [0.05, 0.1) is 5.69 Å². The summed E-state index contributed by atoms with van der Waals surface area (Å²) in [6.07, 6.45) is 0. The van der Waals surface area contributed by atoms with Gasteiger partial charge in [0, 0.05) is 33.3 Å². The topological polar surface area (TPSA) is 16.4 Å². The van der Waals surface area contributed by atoms with E-state index in [9.17, 15) is 0 Å². The third kappa shape index (κ3) is 5.71. The summed E-state index contributed by atoms with van der Waals surface area (Å²) < 4.78 is 6.76. The molecule has 0 saturated heterocycles. The van der Waals surface area contributed by atoms with Gasteiger partial charge in [0.1, 0.15) is 11.2 Å². The number of benzene rings is 9. The predicted octanol–water partition coefficient (Wildman–Crippen LogP) is 14.9. The van der Waals surface area contributed by atoms with Crippen LogP contribution in [0.25, 0.3) is 77.2 Å². The number of hydrogen-bond donors (Lipinski definition) is 0. The van der Waals surface area contributed by atoms with Crippen LogP contribution in [0.1, 0.15) is 0 Å². The average molecular weight is 690 g/mol. The van der Waals surface area contributed by atoms with Crippen LogP contribution in [0.4, 0.5) is 17.1 Å². The van der Waals surface area contributed by atoms with E-state index >= 15 is 0 Å². The summed E-state index contributed by atoms with van der Waals surface area (Å²) in [7, 11) is 0. The molecule has 0 bridgehead atoms. The van der Waals surface area contributed by atoms with Crippen LogP contribution in [0.15, 0.2) is 217 Å². The second-order valence-corrected chi connectivity index (χ2v) is 13.7. The summed E-state index contributed by atoms with van der Waals surface area (Å²) in [6, 6.07) is 75.8. The van der Waals surface area contributed by atoms with Crippen LogP contribution >= 0.6 is 0 Å². The van der Waals surface area contributed by atoms with Crippen molar-refractivity contribution in [2.24, 2.45) is 0 Å². The quantitative estimate of drug-likeness (QED) is 0.166. The maximum absolute atomic E-state index is 6.76. The van der Waals surface area contributed by atoms with Crippen molar-refractivity contribution < 1.29 is 4.42 Å². The van der Waals surface area contributed by atoms with E-state index in [4.69, 9.17) is 4.42 Å². The van der Waals surface area contributed by atoms with E-state index in [1.807, 2.05) is 0 Å². The normalized spacial score (nSPS) is 11.3. The molecule has 0 N–H and O–H groups in total. The van der Waals surface area contributed by atoms with Gasteiger partial charge in [-0.05, 0) is 92.7 Å². The van der Waals surface area contributed by atoms with Gasteiger partial charge in [-0.3, -0.25) is 0 Å². The van der Waals surface area contributed by atoms with Crippen LogP contribution in [-0.4, -0.2) is 0 Å². The Bertz CT molecular complexity index is 2920. The monoisotopic (exact) mass is 689 g/mol. The molecule has 0 unspecified atom stereocenters. The van der Waals surface area contributed by atoms with Crippen molar-refractivity contribution in [3.05, 3.63) is 212 Å². The standard InChI is InChI=1S/C52H35NO/c1-3-14-36(15-4-1)39-20-11-21-40(32-39)38-28-30-44(31-29-38)53(45-23-12-22-41(33-45)37-16-5-2-6-17-37)50-27-10-9-24-46(50)47-25-13-26-48-49-34-42-18-7-8-19-43(42)35-51(49)54-52(47)48/h1-35H. The van der Waals surface area contributed by atoms with Crippen molar-refractivity contribution >= 4 is 49.8 Å². The van der Waals surface area contributed by atoms with Crippen LogP contribution in [0, 0.1) is 0 Å². The van der Waals surface area contributed by atoms with Crippen LogP contribution in [-0.2, 0) is 0 Å². The van der Waals surface area contributed by atoms with Gasteiger partial charge in [0.2, 0.25) is 0 Å². The minimum absolute atomic E-state index is 0.891. The van der Waals surface area contributed by atoms with Crippen LogP contribution in [0.2, 0.25) is 0 Å². The van der Waals surface area contributed by atoms with Gasteiger partial charge in [0.15, 0.2) is 0 Å². The SMILES string of the molecule is c1ccc(-c2cccc(-c3ccc(N(c4cccc(-c5ccccc5)c4)c4ccccc4-c4cccc5c4oc4cc6ccccc6cc45)cc3)c2)cc1. The Hall–Kier alpha value is -7.16. The Morgan fingerprint density at radius 2 is 0.852 bits per heavy atom. The molecule has 10 rings (SSSR count). The molecule has 2 nitrogen and oxygen atoms in total. The molecule has 2 heteroatoms. The number of anilines is 3. The van der Waals surface area contributed by atoms with Crippen LogP contribution in [0.5, 0.6) is 0 Å². The van der Waals surface area contributed by atoms with Gasteiger partial charge >= 0.3 is 0 Å². The second kappa shape index (κ2) is 13.4. The molecule has 0 saturated carbocycles. The van der Waals surface area contributed by atoms with Crippen molar-refractivity contribution in [1.29, 1.82) is 0 Å². The highest BCUT2D eigenvalue weighted by Crippen LogP contribution is 2.45. The molecule has 0 amide bonds. The van der Waals surface area contributed by atoms with Gasteiger partial charge < -0.3 is 9.32 Å². The number of rotatable bonds is 7. The molecule has 0 aliphatic rings. The highest BCUT2D eigenvalue weighted by Gasteiger charge is 2.21. The lowest BCUT2D eigenvalue weighted by molar-refractivity contribution is 0.670. The first-order valence-electron chi connectivity index (χ1n) is 18.4. The summed E-state index contributed by atoms with van der Waals surface area (Å²) in [5.41, 5.74) is 14.3.